The van der Waals surface area contributed by atoms with Gasteiger partial charge < -0.3 is 9.53 Å². The van der Waals surface area contributed by atoms with Crippen LogP contribution in [0.15, 0.2) is 18.2 Å². The normalized spacial score (nSPS) is 11.1. The van der Waals surface area contributed by atoms with Crippen LogP contribution >= 0.6 is 0 Å². The number of aldehydes is 1. The summed E-state index contributed by atoms with van der Waals surface area (Å²) in [6, 6.07) is 5.86. The first-order valence-corrected chi connectivity index (χ1v) is 4.62. The molecule has 0 aliphatic carbocycles. The molecule has 0 amide bonds. The number of rotatable bonds is 3. The van der Waals surface area contributed by atoms with E-state index in [1.54, 1.807) is 7.11 Å². The van der Waals surface area contributed by atoms with Crippen LogP contribution < -0.4 is 4.74 Å². The highest BCUT2D eigenvalue weighted by Crippen LogP contribution is 2.26. The molecule has 0 fully saturated rings. The molecular weight excluding hydrogens is 176 g/mol. The van der Waals surface area contributed by atoms with Gasteiger partial charge in [0.2, 0.25) is 0 Å². The minimum atomic E-state index is -0.445. The van der Waals surface area contributed by atoms with Crippen LogP contribution in [0.4, 0.5) is 0 Å². The Kier molecular flexibility index (Phi) is 2.94. The predicted molar refractivity (Wildman–Crippen MR) is 56.8 cm³/mol. The summed E-state index contributed by atoms with van der Waals surface area (Å²) >= 11 is 0. The van der Waals surface area contributed by atoms with Gasteiger partial charge in [0.1, 0.15) is 12.0 Å². The molecule has 0 bridgehead atoms. The van der Waals surface area contributed by atoms with Gasteiger partial charge >= 0.3 is 0 Å². The van der Waals surface area contributed by atoms with Crippen molar-refractivity contribution >= 4 is 6.29 Å². The molecule has 0 atom stereocenters. The second kappa shape index (κ2) is 3.82. The van der Waals surface area contributed by atoms with Crippen molar-refractivity contribution in [3.8, 4) is 5.75 Å². The lowest BCUT2D eigenvalue weighted by atomic mass is 9.85. The Bertz CT molecular complexity index is 340. The zero-order valence-corrected chi connectivity index (χ0v) is 9.13. The second-order valence-corrected chi connectivity index (χ2v) is 4.08. The molecule has 0 heterocycles. The smallest absolute Gasteiger partial charge is 0.129 e. The third kappa shape index (κ3) is 2.13. The summed E-state index contributed by atoms with van der Waals surface area (Å²) in [5.41, 5.74) is 1.65. The average Bonchev–Trinajstić information content (AvgIpc) is 2.16. The number of benzene rings is 1. The fraction of sp³-hybridized carbons (Fsp3) is 0.417. The van der Waals surface area contributed by atoms with E-state index in [1.165, 1.54) is 0 Å². The number of carbonyl (C=O) groups is 1. The van der Waals surface area contributed by atoms with Gasteiger partial charge in [0.15, 0.2) is 0 Å². The standard InChI is InChI=1S/C12H16O2/c1-9-5-10(12(2,3)8-13)7-11(6-9)14-4/h5-8H,1-4H3. The van der Waals surface area contributed by atoms with E-state index < -0.39 is 5.41 Å². The summed E-state index contributed by atoms with van der Waals surface area (Å²) in [6.07, 6.45) is 0.960. The monoisotopic (exact) mass is 192 g/mol. The van der Waals surface area contributed by atoms with Crippen LogP contribution in [0.3, 0.4) is 0 Å². The Morgan fingerprint density at radius 3 is 2.43 bits per heavy atom. The lowest BCUT2D eigenvalue weighted by Crippen LogP contribution is -2.18. The first-order chi connectivity index (χ1) is 6.49. The van der Waals surface area contributed by atoms with Crippen molar-refractivity contribution in [1.82, 2.24) is 0 Å². The molecule has 14 heavy (non-hydrogen) atoms. The van der Waals surface area contributed by atoms with Crippen LogP contribution in [0, 0.1) is 6.92 Å². The van der Waals surface area contributed by atoms with Crippen molar-refractivity contribution in [3.05, 3.63) is 29.3 Å². The van der Waals surface area contributed by atoms with Gasteiger partial charge in [-0.3, -0.25) is 0 Å². The minimum absolute atomic E-state index is 0.445. The summed E-state index contributed by atoms with van der Waals surface area (Å²) in [4.78, 5) is 10.9. The van der Waals surface area contributed by atoms with Crippen molar-refractivity contribution in [2.75, 3.05) is 7.11 Å². The van der Waals surface area contributed by atoms with Crippen molar-refractivity contribution in [2.24, 2.45) is 0 Å². The zero-order chi connectivity index (χ0) is 10.8. The first-order valence-electron chi connectivity index (χ1n) is 4.62. The largest absolute Gasteiger partial charge is 0.497 e. The first kappa shape index (κ1) is 10.8. The van der Waals surface area contributed by atoms with Crippen LogP contribution in [-0.4, -0.2) is 13.4 Å². The van der Waals surface area contributed by atoms with Gasteiger partial charge in [0.25, 0.3) is 0 Å². The molecule has 1 aromatic rings. The molecule has 0 aliphatic rings. The molecule has 0 aliphatic heterocycles. The summed E-state index contributed by atoms with van der Waals surface area (Å²) in [7, 11) is 1.63. The molecule has 0 unspecified atom stereocenters. The molecule has 2 nitrogen and oxygen atoms in total. The number of hydrogen-bond acceptors (Lipinski definition) is 2. The topological polar surface area (TPSA) is 26.3 Å². The van der Waals surface area contributed by atoms with E-state index in [1.807, 2.05) is 39.0 Å². The highest BCUT2D eigenvalue weighted by Gasteiger charge is 2.20. The fourth-order valence-corrected chi connectivity index (χ4v) is 1.31. The molecular formula is C12H16O2. The summed E-state index contributed by atoms with van der Waals surface area (Å²) in [5, 5.41) is 0. The van der Waals surface area contributed by atoms with E-state index in [0.29, 0.717) is 0 Å². The molecule has 76 valence electrons. The molecule has 2 heteroatoms. The van der Waals surface area contributed by atoms with E-state index in [-0.39, 0.29) is 0 Å². The Morgan fingerprint density at radius 1 is 1.29 bits per heavy atom. The van der Waals surface area contributed by atoms with Gasteiger partial charge in [-0.05, 0) is 44.0 Å². The van der Waals surface area contributed by atoms with Crippen LogP contribution in [0.2, 0.25) is 0 Å². The fourth-order valence-electron chi connectivity index (χ4n) is 1.31. The maximum absolute atomic E-state index is 10.9. The highest BCUT2D eigenvalue weighted by molar-refractivity contribution is 5.67. The number of hydrogen-bond donors (Lipinski definition) is 0. The van der Waals surface area contributed by atoms with Gasteiger partial charge in [0, 0.05) is 5.41 Å². The Balaban J connectivity index is 3.21. The molecule has 0 spiro atoms. The number of carbonyl (C=O) groups excluding carboxylic acids is 1. The summed E-state index contributed by atoms with van der Waals surface area (Å²) in [6.45, 7) is 5.79. The summed E-state index contributed by atoms with van der Waals surface area (Å²) in [5.74, 6) is 0.801. The predicted octanol–water partition coefficient (Wildman–Crippen LogP) is 2.48. The van der Waals surface area contributed by atoms with Gasteiger partial charge in [0.05, 0.1) is 7.11 Å². The van der Waals surface area contributed by atoms with Crippen LogP contribution in [0.5, 0.6) is 5.75 Å². The molecule has 0 radical (unpaired) electrons. The van der Waals surface area contributed by atoms with Crippen LogP contribution in [0.1, 0.15) is 25.0 Å². The third-order valence-electron chi connectivity index (χ3n) is 2.33. The average molecular weight is 192 g/mol. The Hall–Kier alpha value is -1.31. The molecule has 0 N–H and O–H groups in total. The van der Waals surface area contributed by atoms with Crippen LogP contribution in [-0.2, 0) is 10.2 Å². The van der Waals surface area contributed by atoms with Crippen molar-refractivity contribution in [1.29, 1.82) is 0 Å². The van der Waals surface area contributed by atoms with Crippen LogP contribution in [0.25, 0.3) is 0 Å². The molecule has 0 aromatic heterocycles. The maximum Gasteiger partial charge on any atom is 0.129 e. The molecule has 0 saturated carbocycles. The molecule has 1 aromatic carbocycles. The van der Waals surface area contributed by atoms with Gasteiger partial charge in [-0.15, -0.1) is 0 Å². The summed E-state index contributed by atoms with van der Waals surface area (Å²) < 4.78 is 5.16. The lowest BCUT2D eigenvalue weighted by molar-refractivity contribution is -0.111. The number of aryl methyl sites for hydroxylation is 1. The van der Waals surface area contributed by atoms with Crippen molar-refractivity contribution < 1.29 is 9.53 Å². The highest BCUT2D eigenvalue weighted by atomic mass is 16.5. The number of methoxy groups -OCH3 is 1. The Labute approximate surface area is 84.9 Å². The van der Waals surface area contributed by atoms with Gasteiger partial charge in [-0.25, -0.2) is 0 Å². The maximum atomic E-state index is 10.9. The zero-order valence-electron chi connectivity index (χ0n) is 9.13. The van der Waals surface area contributed by atoms with E-state index in [9.17, 15) is 4.79 Å². The van der Waals surface area contributed by atoms with Gasteiger partial charge in [-0.2, -0.15) is 0 Å². The minimum Gasteiger partial charge on any atom is -0.497 e. The van der Waals surface area contributed by atoms with Gasteiger partial charge in [-0.1, -0.05) is 6.07 Å². The second-order valence-electron chi connectivity index (χ2n) is 4.08. The molecule has 0 saturated heterocycles. The van der Waals surface area contributed by atoms with E-state index in [4.69, 9.17) is 4.74 Å². The lowest BCUT2D eigenvalue weighted by Gasteiger charge is -2.18. The quantitative estimate of drug-likeness (QED) is 0.688. The third-order valence-corrected chi connectivity index (χ3v) is 2.33. The molecule has 1 rings (SSSR count). The number of ether oxygens (including phenoxy) is 1. The van der Waals surface area contributed by atoms with E-state index in [0.717, 1.165) is 23.2 Å². The van der Waals surface area contributed by atoms with E-state index >= 15 is 0 Å². The van der Waals surface area contributed by atoms with E-state index in [2.05, 4.69) is 0 Å². The Morgan fingerprint density at radius 2 is 1.93 bits per heavy atom. The van der Waals surface area contributed by atoms with Crippen molar-refractivity contribution in [2.45, 2.75) is 26.2 Å². The van der Waals surface area contributed by atoms with Crippen molar-refractivity contribution in [3.63, 3.8) is 0 Å². The SMILES string of the molecule is COc1cc(C)cc(C(C)(C)C=O)c1.